The van der Waals surface area contributed by atoms with Crippen molar-refractivity contribution in [1.82, 2.24) is 10.0 Å². The minimum Gasteiger partial charge on any atom is -0.478 e. The Morgan fingerprint density at radius 3 is 2.57 bits per heavy atom. The maximum absolute atomic E-state index is 12.1. The van der Waals surface area contributed by atoms with E-state index in [0.717, 1.165) is 12.5 Å². The molecule has 1 aromatic rings. The van der Waals surface area contributed by atoms with Gasteiger partial charge in [0.05, 0.1) is 17.0 Å². The first-order valence-electron chi connectivity index (χ1n) is 6.07. The molecule has 0 unspecified atom stereocenters. The number of carbonyl (C=O) groups is 2. The SMILES string of the molecule is CCCNC(=O)CNS(=O)(=O)c1cc(C(=O)O)ccc1Br. The van der Waals surface area contributed by atoms with Crippen LogP contribution in [0, 0.1) is 0 Å². The Morgan fingerprint density at radius 1 is 1.33 bits per heavy atom. The van der Waals surface area contributed by atoms with Gasteiger partial charge in [-0.15, -0.1) is 0 Å². The van der Waals surface area contributed by atoms with Gasteiger partial charge in [0.1, 0.15) is 0 Å². The Bertz CT molecular complexity index is 645. The third-order valence-corrected chi connectivity index (χ3v) is 4.86. The standard InChI is InChI=1S/C12H15BrN2O5S/c1-2-5-14-11(16)7-15-21(19,20)10-6-8(12(17)18)3-4-9(10)13/h3-4,6,15H,2,5,7H2,1H3,(H,14,16)(H,17,18). The number of carbonyl (C=O) groups excluding carboxylic acids is 1. The molecule has 0 saturated heterocycles. The van der Waals surface area contributed by atoms with Crippen molar-refractivity contribution in [3.8, 4) is 0 Å². The molecule has 1 aromatic carbocycles. The van der Waals surface area contributed by atoms with Gasteiger partial charge in [-0.05, 0) is 40.5 Å². The summed E-state index contributed by atoms with van der Waals surface area (Å²) in [5, 5.41) is 11.4. The molecule has 3 N–H and O–H groups in total. The highest BCUT2D eigenvalue weighted by atomic mass is 79.9. The first-order chi connectivity index (χ1) is 9.77. The number of benzene rings is 1. The molecule has 0 aliphatic rings. The zero-order valence-corrected chi connectivity index (χ0v) is 13.6. The van der Waals surface area contributed by atoms with Crippen molar-refractivity contribution in [3.05, 3.63) is 28.2 Å². The summed E-state index contributed by atoms with van der Waals surface area (Å²) >= 11 is 3.05. The molecule has 7 nitrogen and oxygen atoms in total. The number of hydrogen-bond donors (Lipinski definition) is 3. The topological polar surface area (TPSA) is 113 Å². The average molecular weight is 379 g/mol. The first kappa shape index (κ1) is 17.6. The minimum absolute atomic E-state index is 0.158. The van der Waals surface area contributed by atoms with Crippen LogP contribution in [0.3, 0.4) is 0 Å². The summed E-state index contributed by atoms with van der Waals surface area (Å²) in [7, 11) is -3.99. The fraction of sp³-hybridized carbons (Fsp3) is 0.333. The van der Waals surface area contributed by atoms with Crippen molar-refractivity contribution in [2.45, 2.75) is 18.2 Å². The van der Waals surface area contributed by atoms with Crippen molar-refractivity contribution >= 4 is 37.8 Å². The molecule has 0 atom stereocenters. The zero-order chi connectivity index (χ0) is 16.0. The molecule has 0 radical (unpaired) electrons. The van der Waals surface area contributed by atoms with E-state index in [1.807, 2.05) is 6.92 Å². The summed E-state index contributed by atoms with van der Waals surface area (Å²) in [4.78, 5) is 22.0. The summed E-state index contributed by atoms with van der Waals surface area (Å²) in [6.07, 6.45) is 0.741. The minimum atomic E-state index is -3.99. The van der Waals surface area contributed by atoms with Crippen LogP contribution < -0.4 is 10.0 Å². The Morgan fingerprint density at radius 2 is 2.00 bits per heavy atom. The van der Waals surface area contributed by atoms with E-state index >= 15 is 0 Å². The molecule has 1 rings (SSSR count). The van der Waals surface area contributed by atoms with Gasteiger partial charge in [-0.2, -0.15) is 0 Å². The highest BCUT2D eigenvalue weighted by Crippen LogP contribution is 2.23. The molecular weight excluding hydrogens is 364 g/mol. The van der Waals surface area contributed by atoms with Crippen LogP contribution in [-0.4, -0.2) is 38.5 Å². The third-order valence-electron chi connectivity index (χ3n) is 2.46. The fourth-order valence-corrected chi connectivity index (χ4v) is 3.38. The van der Waals surface area contributed by atoms with Gasteiger partial charge in [0, 0.05) is 11.0 Å². The predicted molar refractivity (Wildman–Crippen MR) is 79.6 cm³/mol. The van der Waals surface area contributed by atoms with Crippen molar-refractivity contribution in [3.63, 3.8) is 0 Å². The van der Waals surface area contributed by atoms with Crippen LogP contribution in [0.5, 0.6) is 0 Å². The smallest absolute Gasteiger partial charge is 0.335 e. The Hall–Kier alpha value is -1.45. The number of sulfonamides is 1. The van der Waals surface area contributed by atoms with E-state index in [-0.39, 0.29) is 14.9 Å². The van der Waals surface area contributed by atoms with Gasteiger partial charge >= 0.3 is 5.97 Å². The number of nitrogens with one attached hydrogen (secondary N) is 2. The molecule has 21 heavy (non-hydrogen) atoms. The van der Waals surface area contributed by atoms with Crippen molar-refractivity contribution in [2.24, 2.45) is 0 Å². The first-order valence-corrected chi connectivity index (χ1v) is 8.34. The average Bonchev–Trinajstić information content (AvgIpc) is 2.43. The fourth-order valence-electron chi connectivity index (χ4n) is 1.41. The van der Waals surface area contributed by atoms with E-state index in [1.54, 1.807) is 0 Å². The number of carboxylic acid groups (broad SMARTS) is 1. The second-order valence-corrected chi connectivity index (χ2v) is 6.71. The van der Waals surface area contributed by atoms with Gasteiger partial charge < -0.3 is 10.4 Å². The Labute approximate surface area is 130 Å². The van der Waals surface area contributed by atoms with Gasteiger partial charge in [-0.1, -0.05) is 6.92 Å². The van der Waals surface area contributed by atoms with Crippen LogP contribution in [0.15, 0.2) is 27.6 Å². The second kappa shape index (κ2) is 7.53. The lowest BCUT2D eigenvalue weighted by atomic mass is 10.2. The van der Waals surface area contributed by atoms with Crippen LogP contribution in [-0.2, 0) is 14.8 Å². The van der Waals surface area contributed by atoms with E-state index in [1.165, 1.54) is 12.1 Å². The molecule has 0 spiro atoms. The number of carboxylic acids is 1. The van der Waals surface area contributed by atoms with E-state index in [0.29, 0.717) is 6.54 Å². The largest absolute Gasteiger partial charge is 0.478 e. The van der Waals surface area contributed by atoms with E-state index in [2.05, 4.69) is 26.0 Å². The van der Waals surface area contributed by atoms with Crippen molar-refractivity contribution < 1.29 is 23.1 Å². The summed E-state index contributed by atoms with van der Waals surface area (Å²) in [5.74, 6) is -1.69. The maximum atomic E-state index is 12.1. The molecule has 0 aliphatic carbocycles. The van der Waals surface area contributed by atoms with E-state index in [4.69, 9.17) is 5.11 Å². The van der Waals surface area contributed by atoms with Crippen LogP contribution in [0.4, 0.5) is 0 Å². The Balaban J connectivity index is 2.90. The molecule has 0 aliphatic heterocycles. The van der Waals surface area contributed by atoms with Gasteiger partial charge in [0.15, 0.2) is 0 Å². The summed E-state index contributed by atoms with van der Waals surface area (Å²) in [5.41, 5.74) is -0.158. The molecule has 116 valence electrons. The Kier molecular flexibility index (Phi) is 6.31. The highest BCUT2D eigenvalue weighted by molar-refractivity contribution is 9.10. The van der Waals surface area contributed by atoms with Crippen LogP contribution in [0.1, 0.15) is 23.7 Å². The quantitative estimate of drug-likeness (QED) is 0.653. The molecule has 0 saturated carbocycles. The maximum Gasteiger partial charge on any atom is 0.335 e. The van der Waals surface area contributed by atoms with Crippen molar-refractivity contribution in [1.29, 1.82) is 0 Å². The monoisotopic (exact) mass is 378 g/mol. The second-order valence-electron chi connectivity index (χ2n) is 4.12. The molecule has 0 heterocycles. The lowest BCUT2D eigenvalue weighted by molar-refractivity contribution is -0.119. The zero-order valence-electron chi connectivity index (χ0n) is 11.2. The van der Waals surface area contributed by atoms with Gasteiger partial charge in [0.25, 0.3) is 0 Å². The molecule has 0 fully saturated rings. The summed E-state index contributed by atoms with van der Waals surface area (Å²) in [6, 6.07) is 3.63. The number of halogens is 1. The molecule has 9 heteroatoms. The number of amides is 1. The van der Waals surface area contributed by atoms with Crippen LogP contribution in [0.2, 0.25) is 0 Å². The number of rotatable bonds is 7. The normalized spacial score (nSPS) is 11.1. The van der Waals surface area contributed by atoms with Gasteiger partial charge in [-0.25, -0.2) is 17.9 Å². The number of aromatic carboxylic acids is 1. The van der Waals surface area contributed by atoms with Crippen LogP contribution in [0.25, 0.3) is 0 Å². The molecule has 0 bridgehead atoms. The number of hydrogen-bond acceptors (Lipinski definition) is 4. The molecular formula is C12H15BrN2O5S. The van der Waals surface area contributed by atoms with Gasteiger partial charge in [-0.3, -0.25) is 4.79 Å². The summed E-state index contributed by atoms with van der Waals surface area (Å²) in [6.45, 7) is 1.92. The lowest BCUT2D eigenvalue weighted by Crippen LogP contribution is -2.37. The van der Waals surface area contributed by atoms with Crippen molar-refractivity contribution in [2.75, 3.05) is 13.1 Å². The molecule has 1 amide bonds. The predicted octanol–water partition coefficient (Wildman–Crippen LogP) is 0.952. The highest BCUT2D eigenvalue weighted by Gasteiger charge is 2.20. The third kappa shape index (κ3) is 5.10. The molecule has 0 aromatic heterocycles. The van der Waals surface area contributed by atoms with Crippen LogP contribution >= 0.6 is 15.9 Å². The van der Waals surface area contributed by atoms with E-state index in [9.17, 15) is 18.0 Å². The summed E-state index contributed by atoms with van der Waals surface area (Å²) < 4.78 is 26.5. The lowest BCUT2D eigenvalue weighted by Gasteiger charge is -2.09. The van der Waals surface area contributed by atoms with Gasteiger partial charge in [0.2, 0.25) is 15.9 Å². The van der Waals surface area contributed by atoms with E-state index < -0.39 is 28.4 Å².